The van der Waals surface area contributed by atoms with Crippen LogP contribution < -0.4 is 5.63 Å². The number of benzene rings is 1. The fourth-order valence-corrected chi connectivity index (χ4v) is 3.98. The number of furan rings is 1. The largest absolute Gasteiger partial charge is 0.480 e. The summed E-state index contributed by atoms with van der Waals surface area (Å²) in [5.41, 5.74) is 2.37. The maximum absolute atomic E-state index is 12.8. The Morgan fingerprint density at radius 2 is 1.96 bits per heavy atom. The number of rotatable bonds is 3. The number of carbonyl (C=O) groups is 2. The summed E-state index contributed by atoms with van der Waals surface area (Å²) in [6.45, 7) is 4.11. The van der Waals surface area contributed by atoms with E-state index in [1.165, 1.54) is 4.90 Å². The van der Waals surface area contributed by atoms with Crippen LogP contribution in [0.5, 0.6) is 0 Å². The summed E-state index contributed by atoms with van der Waals surface area (Å²) in [7, 11) is 0. The van der Waals surface area contributed by atoms with E-state index in [1.54, 1.807) is 19.3 Å². The van der Waals surface area contributed by atoms with Gasteiger partial charge in [0.05, 0.1) is 18.2 Å². The average Bonchev–Trinajstić information content (AvgIpc) is 3.03. The topological polar surface area (TPSA) is 101 Å². The van der Waals surface area contributed by atoms with Crippen LogP contribution in [0.15, 0.2) is 32.0 Å². The Hall–Kier alpha value is -3.09. The minimum absolute atomic E-state index is 0.170. The number of fused-ring (bicyclic) bond motifs is 2. The molecule has 1 N–H and O–H groups in total. The van der Waals surface area contributed by atoms with E-state index in [9.17, 15) is 19.5 Å². The van der Waals surface area contributed by atoms with Gasteiger partial charge in [0.2, 0.25) is 5.91 Å². The maximum atomic E-state index is 12.8. The summed E-state index contributed by atoms with van der Waals surface area (Å²) in [5, 5.41) is 11.1. The van der Waals surface area contributed by atoms with Crippen LogP contribution in [0.4, 0.5) is 0 Å². The van der Waals surface area contributed by atoms with Crippen LogP contribution in [0.25, 0.3) is 21.9 Å². The van der Waals surface area contributed by atoms with Crippen LogP contribution in [0.2, 0.25) is 0 Å². The van der Waals surface area contributed by atoms with Gasteiger partial charge in [-0.25, -0.2) is 9.59 Å². The predicted octanol–water partition coefficient (Wildman–Crippen LogP) is 3.16. The summed E-state index contributed by atoms with van der Waals surface area (Å²) in [5.74, 6) is -1.37. The van der Waals surface area contributed by atoms with Gasteiger partial charge in [-0.1, -0.05) is 0 Å². The number of aliphatic carboxylic acids is 1. The lowest BCUT2D eigenvalue weighted by Crippen LogP contribution is -2.48. The highest BCUT2D eigenvalue weighted by Gasteiger charge is 2.32. The van der Waals surface area contributed by atoms with Gasteiger partial charge in [0.15, 0.2) is 0 Å². The van der Waals surface area contributed by atoms with Gasteiger partial charge in [0.25, 0.3) is 0 Å². The SMILES string of the molecule is Cc1coc2cc3oc(=O)c(CC(=O)N4CCCC[C@H]4C(=O)O)c(C)c3cc12. The zero-order valence-electron chi connectivity index (χ0n) is 15.8. The molecule has 0 bridgehead atoms. The Morgan fingerprint density at radius 1 is 1.18 bits per heavy atom. The molecule has 3 heterocycles. The Balaban J connectivity index is 1.74. The van der Waals surface area contributed by atoms with Gasteiger partial charge in [-0.05, 0) is 50.3 Å². The highest BCUT2D eigenvalue weighted by atomic mass is 16.4. The lowest BCUT2D eigenvalue weighted by molar-refractivity contribution is -0.151. The lowest BCUT2D eigenvalue weighted by Gasteiger charge is -2.33. The van der Waals surface area contributed by atoms with E-state index in [4.69, 9.17) is 8.83 Å². The molecule has 1 aromatic carbocycles. The number of hydrogen-bond donors (Lipinski definition) is 1. The first kappa shape index (κ1) is 18.3. The fraction of sp³-hybridized carbons (Fsp3) is 0.381. The smallest absolute Gasteiger partial charge is 0.340 e. The average molecular weight is 383 g/mol. The zero-order valence-corrected chi connectivity index (χ0v) is 15.8. The molecule has 7 heteroatoms. The minimum Gasteiger partial charge on any atom is -0.480 e. The van der Waals surface area contributed by atoms with Crippen LogP contribution >= 0.6 is 0 Å². The van der Waals surface area contributed by atoms with E-state index in [2.05, 4.69) is 0 Å². The van der Waals surface area contributed by atoms with Gasteiger partial charge in [0, 0.05) is 23.4 Å². The Bertz CT molecular complexity index is 1160. The molecule has 0 radical (unpaired) electrons. The number of aryl methyl sites for hydroxylation is 2. The van der Waals surface area contributed by atoms with Gasteiger partial charge >= 0.3 is 11.6 Å². The Morgan fingerprint density at radius 3 is 2.71 bits per heavy atom. The highest BCUT2D eigenvalue weighted by Crippen LogP contribution is 2.29. The summed E-state index contributed by atoms with van der Waals surface area (Å²) >= 11 is 0. The molecule has 1 aliphatic rings. The van der Waals surface area contributed by atoms with Crippen molar-refractivity contribution in [3.63, 3.8) is 0 Å². The third-order valence-electron chi connectivity index (χ3n) is 5.61. The number of hydrogen-bond acceptors (Lipinski definition) is 5. The van der Waals surface area contributed by atoms with E-state index in [1.807, 2.05) is 13.0 Å². The monoisotopic (exact) mass is 383 g/mol. The second-order valence-electron chi connectivity index (χ2n) is 7.37. The first-order valence-corrected chi connectivity index (χ1v) is 9.33. The van der Waals surface area contributed by atoms with Crippen LogP contribution in [0, 0.1) is 13.8 Å². The van der Waals surface area contributed by atoms with Gasteiger partial charge in [-0.2, -0.15) is 0 Å². The molecule has 0 aliphatic carbocycles. The molecule has 1 amide bonds. The first-order chi connectivity index (χ1) is 13.4. The van der Waals surface area contributed by atoms with Crippen LogP contribution in [0.1, 0.15) is 36.0 Å². The van der Waals surface area contributed by atoms with Gasteiger partial charge in [0.1, 0.15) is 17.2 Å². The molecule has 1 aliphatic heterocycles. The summed E-state index contributed by atoms with van der Waals surface area (Å²) < 4.78 is 10.9. The second-order valence-corrected chi connectivity index (χ2v) is 7.37. The number of amides is 1. The summed E-state index contributed by atoms with van der Waals surface area (Å²) in [4.78, 5) is 38.2. The van der Waals surface area contributed by atoms with E-state index >= 15 is 0 Å². The van der Waals surface area contributed by atoms with Gasteiger partial charge < -0.3 is 18.8 Å². The maximum Gasteiger partial charge on any atom is 0.340 e. The van der Waals surface area contributed by atoms with Crippen LogP contribution in [-0.2, 0) is 16.0 Å². The third kappa shape index (κ3) is 2.96. The minimum atomic E-state index is -1.01. The molecule has 2 aromatic heterocycles. The van der Waals surface area contributed by atoms with E-state index in [0.29, 0.717) is 29.7 Å². The van der Waals surface area contributed by atoms with E-state index < -0.39 is 17.6 Å². The molecule has 1 saturated heterocycles. The number of nitrogens with zero attached hydrogens (tertiary/aromatic N) is 1. The lowest BCUT2D eigenvalue weighted by atomic mass is 9.98. The molecule has 0 spiro atoms. The van der Waals surface area contributed by atoms with Crippen molar-refractivity contribution in [2.24, 2.45) is 0 Å². The van der Waals surface area contributed by atoms with E-state index in [-0.39, 0.29) is 17.9 Å². The van der Waals surface area contributed by atoms with E-state index in [0.717, 1.165) is 29.2 Å². The third-order valence-corrected chi connectivity index (χ3v) is 5.61. The number of piperidine rings is 1. The number of carbonyl (C=O) groups excluding carboxylic acids is 1. The van der Waals surface area contributed by atoms with Gasteiger partial charge in [-0.15, -0.1) is 0 Å². The fourth-order valence-electron chi connectivity index (χ4n) is 3.98. The highest BCUT2D eigenvalue weighted by molar-refractivity contribution is 5.96. The zero-order chi connectivity index (χ0) is 20.0. The Kier molecular flexibility index (Phi) is 4.45. The van der Waals surface area contributed by atoms with Crippen molar-refractivity contribution in [3.8, 4) is 0 Å². The van der Waals surface area contributed by atoms with Crippen LogP contribution in [-0.4, -0.2) is 34.5 Å². The normalized spacial score (nSPS) is 17.4. The number of carboxylic acid groups (broad SMARTS) is 1. The molecule has 7 nitrogen and oxygen atoms in total. The molecular formula is C21H21NO6. The molecule has 3 aromatic rings. The molecule has 1 fully saturated rings. The van der Waals surface area contributed by atoms with Crippen molar-refractivity contribution in [2.45, 2.75) is 45.6 Å². The van der Waals surface area contributed by atoms with Gasteiger partial charge in [-0.3, -0.25) is 4.79 Å². The summed E-state index contributed by atoms with van der Waals surface area (Å²) in [6, 6.07) is 2.75. The Labute approximate surface area is 160 Å². The predicted molar refractivity (Wildman–Crippen MR) is 102 cm³/mol. The quantitative estimate of drug-likeness (QED) is 0.697. The second kappa shape index (κ2) is 6.82. The first-order valence-electron chi connectivity index (χ1n) is 9.33. The van der Waals surface area contributed by atoms with Crippen molar-refractivity contribution in [1.82, 2.24) is 4.90 Å². The number of likely N-dealkylation sites (tertiary alicyclic amines) is 1. The standard InChI is InChI=1S/C21H21NO6/c1-11-10-27-17-9-18-14(7-13(11)17)12(2)15(21(26)28-18)8-19(23)22-6-4-3-5-16(22)20(24)25/h7,9-10,16H,3-6,8H2,1-2H3,(H,24,25)/t16-/m0/s1. The number of carboxylic acids is 1. The van der Waals surface area contributed by atoms with Crippen LogP contribution in [0.3, 0.4) is 0 Å². The molecule has 1 atom stereocenters. The molecule has 146 valence electrons. The van der Waals surface area contributed by atoms with Crippen molar-refractivity contribution < 1.29 is 23.5 Å². The molecule has 28 heavy (non-hydrogen) atoms. The van der Waals surface area contributed by atoms with Crippen molar-refractivity contribution >= 4 is 33.8 Å². The van der Waals surface area contributed by atoms with Crippen molar-refractivity contribution in [1.29, 1.82) is 0 Å². The van der Waals surface area contributed by atoms with Crippen molar-refractivity contribution in [2.75, 3.05) is 6.54 Å². The van der Waals surface area contributed by atoms with Crippen molar-refractivity contribution in [3.05, 3.63) is 45.5 Å². The molecule has 0 saturated carbocycles. The summed E-state index contributed by atoms with van der Waals surface area (Å²) in [6.07, 6.45) is 3.45. The molecular weight excluding hydrogens is 362 g/mol. The molecule has 4 rings (SSSR count). The molecule has 0 unspecified atom stereocenters.